The fraction of sp³-hybridized carbons (Fsp3) is 0.765. The summed E-state index contributed by atoms with van der Waals surface area (Å²) >= 11 is 0. The van der Waals surface area contributed by atoms with Gasteiger partial charge in [0.2, 0.25) is 5.91 Å². The summed E-state index contributed by atoms with van der Waals surface area (Å²) < 4.78 is 0. The molecule has 1 saturated carbocycles. The molecule has 4 unspecified atom stereocenters. The van der Waals surface area contributed by atoms with Gasteiger partial charge in [0.25, 0.3) is 0 Å². The van der Waals surface area contributed by atoms with E-state index in [-0.39, 0.29) is 28.7 Å². The molecule has 2 bridgehead atoms. The van der Waals surface area contributed by atoms with Crippen LogP contribution in [0.15, 0.2) is 12.2 Å². The first-order valence-corrected chi connectivity index (χ1v) is 7.73. The van der Waals surface area contributed by atoms with Crippen molar-refractivity contribution in [2.45, 2.75) is 53.0 Å². The minimum Gasteiger partial charge on any atom is -0.481 e. The first-order chi connectivity index (χ1) is 9.50. The average molecular weight is 293 g/mol. The second-order valence-corrected chi connectivity index (χ2v) is 8.45. The SMILES string of the molecule is CC(C)(C)CC(C)(C)NC(=O)C1C2C=CC(C2)C1C(=O)O. The van der Waals surface area contributed by atoms with Gasteiger partial charge in [0.05, 0.1) is 11.8 Å². The topological polar surface area (TPSA) is 66.4 Å². The molecule has 21 heavy (non-hydrogen) atoms. The molecule has 0 aromatic rings. The third kappa shape index (κ3) is 3.47. The highest BCUT2D eigenvalue weighted by molar-refractivity contribution is 5.87. The third-order valence-corrected chi connectivity index (χ3v) is 4.48. The van der Waals surface area contributed by atoms with Crippen molar-refractivity contribution < 1.29 is 14.7 Å². The van der Waals surface area contributed by atoms with Crippen molar-refractivity contribution in [3.63, 3.8) is 0 Å². The fourth-order valence-corrected chi connectivity index (χ4v) is 4.30. The number of fused-ring (bicyclic) bond motifs is 2. The number of hydrogen-bond acceptors (Lipinski definition) is 2. The van der Waals surface area contributed by atoms with E-state index < -0.39 is 17.8 Å². The molecule has 2 aliphatic rings. The summed E-state index contributed by atoms with van der Waals surface area (Å²) in [5, 5.41) is 12.5. The Kier molecular flexibility index (Phi) is 3.94. The van der Waals surface area contributed by atoms with Crippen molar-refractivity contribution in [1.82, 2.24) is 5.32 Å². The van der Waals surface area contributed by atoms with Crippen LogP contribution in [0.25, 0.3) is 0 Å². The zero-order valence-corrected chi connectivity index (χ0v) is 13.6. The van der Waals surface area contributed by atoms with Gasteiger partial charge in [0.1, 0.15) is 0 Å². The van der Waals surface area contributed by atoms with Gasteiger partial charge in [-0.05, 0) is 43.9 Å². The van der Waals surface area contributed by atoms with E-state index in [2.05, 4.69) is 26.1 Å². The highest BCUT2D eigenvalue weighted by atomic mass is 16.4. The molecule has 1 fully saturated rings. The van der Waals surface area contributed by atoms with Crippen molar-refractivity contribution in [1.29, 1.82) is 0 Å². The first kappa shape index (κ1) is 16.1. The molecule has 4 heteroatoms. The Morgan fingerprint density at radius 2 is 1.62 bits per heavy atom. The van der Waals surface area contributed by atoms with E-state index in [4.69, 9.17) is 0 Å². The molecule has 4 nitrogen and oxygen atoms in total. The smallest absolute Gasteiger partial charge is 0.307 e. The van der Waals surface area contributed by atoms with Gasteiger partial charge >= 0.3 is 5.97 Å². The Balaban J connectivity index is 2.10. The van der Waals surface area contributed by atoms with Crippen LogP contribution in [0, 0.1) is 29.1 Å². The van der Waals surface area contributed by atoms with Gasteiger partial charge < -0.3 is 10.4 Å². The number of rotatable bonds is 4. The maximum absolute atomic E-state index is 12.6. The number of allylic oxidation sites excluding steroid dienone is 2. The van der Waals surface area contributed by atoms with Crippen LogP contribution < -0.4 is 5.32 Å². The highest BCUT2D eigenvalue weighted by Gasteiger charge is 2.52. The molecule has 0 aromatic carbocycles. The highest BCUT2D eigenvalue weighted by Crippen LogP contribution is 2.48. The van der Waals surface area contributed by atoms with Gasteiger partial charge in [-0.15, -0.1) is 0 Å². The van der Waals surface area contributed by atoms with Gasteiger partial charge in [-0.2, -0.15) is 0 Å². The molecule has 0 aromatic heterocycles. The van der Waals surface area contributed by atoms with Gasteiger partial charge in [-0.25, -0.2) is 0 Å². The molecule has 1 amide bonds. The maximum atomic E-state index is 12.6. The second-order valence-electron chi connectivity index (χ2n) is 8.45. The van der Waals surface area contributed by atoms with E-state index in [1.165, 1.54) is 0 Å². The normalized spacial score (nSPS) is 31.5. The van der Waals surface area contributed by atoms with Crippen LogP contribution in [-0.4, -0.2) is 22.5 Å². The van der Waals surface area contributed by atoms with Gasteiger partial charge in [-0.3, -0.25) is 9.59 Å². The Morgan fingerprint density at radius 1 is 1.10 bits per heavy atom. The van der Waals surface area contributed by atoms with Crippen molar-refractivity contribution in [3.8, 4) is 0 Å². The number of carboxylic acids is 1. The number of aliphatic carboxylic acids is 1. The van der Waals surface area contributed by atoms with Crippen LogP contribution in [0.3, 0.4) is 0 Å². The summed E-state index contributed by atoms with van der Waals surface area (Å²) in [7, 11) is 0. The van der Waals surface area contributed by atoms with E-state index in [1.807, 2.05) is 26.0 Å². The van der Waals surface area contributed by atoms with Crippen LogP contribution in [-0.2, 0) is 9.59 Å². The lowest BCUT2D eigenvalue weighted by molar-refractivity contribution is -0.148. The maximum Gasteiger partial charge on any atom is 0.307 e. The quantitative estimate of drug-likeness (QED) is 0.783. The van der Waals surface area contributed by atoms with Crippen molar-refractivity contribution in [3.05, 3.63) is 12.2 Å². The second kappa shape index (κ2) is 5.15. The number of carbonyl (C=O) groups is 2. The van der Waals surface area contributed by atoms with Crippen molar-refractivity contribution in [2.24, 2.45) is 29.1 Å². The zero-order chi connectivity index (χ0) is 16.0. The summed E-state index contributed by atoms with van der Waals surface area (Å²) in [5.41, 5.74) is -0.221. The molecule has 0 spiro atoms. The van der Waals surface area contributed by atoms with Crippen molar-refractivity contribution >= 4 is 11.9 Å². The van der Waals surface area contributed by atoms with Crippen LogP contribution in [0.2, 0.25) is 0 Å². The molecular formula is C17H27NO3. The van der Waals surface area contributed by atoms with Gasteiger partial charge in [0, 0.05) is 5.54 Å². The molecule has 118 valence electrons. The Labute approximate surface area is 127 Å². The minimum atomic E-state index is -0.847. The van der Waals surface area contributed by atoms with Crippen LogP contribution in [0.5, 0.6) is 0 Å². The molecular weight excluding hydrogens is 266 g/mol. The standard InChI is InChI=1S/C17H27NO3/c1-16(2,3)9-17(4,5)18-14(19)12-10-6-7-11(8-10)13(12)15(20)21/h6-7,10-13H,8-9H2,1-5H3,(H,18,19)(H,20,21). The number of amides is 1. The van der Waals surface area contributed by atoms with Crippen molar-refractivity contribution in [2.75, 3.05) is 0 Å². The zero-order valence-electron chi connectivity index (χ0n) is 13.6. The molecule has 2 rings (SSSR count). The lowest BCUT2D eigenvalue weighted by atomic mass is 9.79. The third-order valence-electron chi connectivity index (χ3n) is 4.48. The van der Waals surface area contributed by atoms with E-state index in [0.29, 0.717) is 0 Å². The molecule has 4 atom stereocenters. The van der Waals surface area contributed by atoms with Gasteiger partial charge in [-0.1, -0.05) is 32.9 Å². The number of hydrogen-bond donors (Lipinski definition) is 2. The lowest BCUT2D eigenvalue weighted by Gasteiger charge is -2.35. The number of nitrogens with one attached hydrogen (secondary N) is 1. The van der Waals surface area contributed by atoms with Crippen LogP contribution in [0.4, 0.5) is 0 Å². The minimum absolute atomic E-state index is 0.0222. The summed E-state index contributed by atoms with van der Waals surface area (Å²) in [4.78, 5) is 24.1. The van der Waals surface area contributed by atoms with Crippen LogP contribution >= 0.6 is 0 Å². The predicted molar refractivity (Wildman–Crippen MR) is 81.6 cm³/mol. The molecule has 0 saturated heterocycles. The first-order valence-electron chi connectivity index (χ1n) is 7.73. The molecule has 0 aliphatic heterocycles. The summed E-state index contributed by atoms with van der Waals surface area (Å²) in [6, 6.07) is 0. The molecule has 0 radical (unpaired) electrons. The average Bonchev–Trinajstić information content (AvgIpc) is 2.82. The molecule has 2 N–H and O–H groups in total. The summed E-state index contributed by atoms with van der Waals surface area (Å²) in [6.07, 6.45) is 5.63. The van der Waals surface area contributed by atoms with E-state index in [1.54, 1.807) is 0 Å². The molecule has 0 heterocycles. The summed E-state index contributed by atoms with van der Waals surface area (Å²) in [6.45, 7) is 10.4. The van der Waals surface area contributed by atoms with E-state index in [9.17, 15) is 14.7 Å². The van der Waals surface area contributed by atoms with Crippen LogP contribution in [0.1, 0.15) is 47.5 Å². The lowest BCUT2D eigenvalue weighted by Crippen LogP contribution is -2.50. The Hall–Kier alpha value is -1.32. The van der Waals surface area contributed by atoms with E-state index >= 15 is 0 Å². The monoisotopic (exact) mass is 293 g/mol. The molecule has 2 aliphatic carbocycles. The number of carbonyl (C=O) groups excluding carboxylic acids is 1. The largest absolute Gasteiger partial charge is 0.481 e. The predicted octanol–water partition coefficient (Wildman–Crippen LogP) is 2.84. The van der Waals surface area contributed by atoms with E-state index in [0.717, 1.165) is 12.8 Å². The summed E-state index contributed by atoms with van der Waals surface area (Å²) in [5.74, 6) is -1.83. The van der Waals surface area contributed by atoms with Gasteiger partial charge in [0.15, 0.2) is 0 Å². The Morgan fingerprint density at radius 3 is 2.10 bits per heavy atom. The Bertz CT molecular complexity index is 473. The number of carboxylic acid groups (broad SMARTS) is 1. The fourth-order valence-electron chi connectivity index (χ4n) is 4.30.